The summed E-state index contributed by atoms with van der Waals surface area (Å²) >= 11 is 0. The van der Waals surface area contributed by atoms with Gasteiger partial charge in [-0.3, -0.25) is 9.78 Å². The first-order valence-electron chi connectivity index (χ1n) is 7.04. The van der Waals surface area contributed by atoms with Crippen molar-refractivity contribution < 1.29 is 13.2 Å². The van der Waals surface area contributed by atoms with Gasteiger partial charge in [-0.05, 0) is 38.0 Å². The highest BCUT2D eigenvalue weighted by atomic mass is 19.4. The van der Waals surface area contributed by atoms with Crippen LogP contribution in [0.2, 0.25) is 0 Å². The van der Waals surface area contributed by atoms with E-state index < -0.39 is 11.7 Å². The summed E-state index contributed by atoms with van der Waals surface area (Å²) in [4.78, 5) is 18.2. The number of nitrogens with one attached hydrogen (secondary N) is 2. The van der Waals surface area contributed by atoms with Gasteiger partial charge in [-0.2, -0.15) is 13.2 Å². The highest BCUT2D eigenvalue weighted by molar-refractivity contribution is 5.46. The number of benzene rings is 1. The molecule has 8 heteroatoms. The third-order valence-corrected chi connectivity index (χ3v) is 3.36. The van der Waals surface area contributed by atoms with Crippen molar-refractivity contribution >= 4 is 11.6 Å². The average molecular weight is 326 g/mol. The second-order valence-corrected chi connectivity index (χ2v) is 5.12. The molecule has 124 valence electrons. The van der Waals surface area contributed by atoms with Crippen molar-refractivity contribution in [2.45, 2.75) is 25.9 Å². The molecule has 1 aromatic heterocycles. The summed E-state index contributed by atoms with van der Waals surface area (Å²) in [7, 11) is 0. The summed E-state index contributed by atoms with van der Waals surface area (Å²) < 4.78 is 37.8. The Labute approximate surface area is 130 Å². The van der Waals surface area contributed by atoms with Gasteiger partial charge in [0, 0.05) is 23.5 Å². The van der Waals surface area contributed by atoms with Crippen molar-refractivity contribution in [1.29, 1.82) is 0 Å². The van der Waals surface area contributed by atoms with Crippen molar-refractivity contribution in [1.82, 2.24) is 9.97 Å². The van der Waals surface area contributed by atoms with E-state index in [9.17, 15) is 18.0 Å². The highest BCUT2D eigenvalue weighted by Crippen LogP contribution is 2.30. The van der Waals surface area contributed by atoms with Crippen LogP contribution in [-0.4, -0.2) is 16.5 Å². The number of nitrogens with two attached hydrogens (primary N) is 1. The van der Waals surface area contributed by atoms with E-state index in [4.69, 9.17) is 5.73 Å². The van der Waals surface area contributed by atoms with Crippen molar-refractivity contribution in [3.63, 3.8) is 0 Å². The fraction of sp³-hybridized carbons (Fsp3) is 0.333. The minimum absolute atomic E-state index is 0.0679. The molecule has 0 aliphatic carbocycles. The molecule has 23 heavy (non-hydrogen) atoms. The predicted octanol–water partition coefficient (Wildman–Crippen LogP) is 2.72. The molecular weight excluding hydrogens is 309 g/mol. The normalized spacial score (nSPS) is 11.5. The van der Waals surface area contributed by atoms with E-state index >= 15 is 0 Å². The Morgan fingerprint density at radius 3 is 2.74 bits per heavy atom. The molecule has 0 saturated heterocycles. The smallest absolute Gasteiger partial charge is 0.385 e. The van der Waals surface area contributed by atoms with E-state index in [1.165, 1.54) is 6.07 Å². The number of aryl methyl sites for hydroxylation is 1. The molecule has 0 spiro atoms. The van der Waals surface area contributed by atoms with Gasteiger partial charge in [0.25, 0.3) is 5.56 Å². The number of H-pyrrole nitrogens is 1. The van der Waals surface area contributed by atoms with Gasteiger partial charge >= 0.3 is 6.18 Å². The van der Waals surface area contributed by atoms with E-state index in [1.54, 1.807) is 13.0 Å². The van der Waals surface area contributed by atoms with Crippen LogP contribution in [0, 0.1) is 6.92 Å². The van der Waals surface area contributed by atoms with Crippen LogP contribution >= 0.6 is 0 Å². The zero-order chi connectivity index (χ0) is 17.0. The molecule has 1 aromatic carbocycles. The largest absolute Gasteiger partial charge is 0.416 e. The lowest BCUT2D eigenvalue weighted by molar-refractivity contribution is -0.137. The maximum Gasteiger partial charge on any atom is 0.416 e. The molecule has 4 N–H and O–H groups in total. The molecule has 0 bridgehead atoms. The number of alkyl halides is 3. The van der Waals surface area contributed by atoms with Crippen LogP contribution < -0.4 is 16.6 Å². The fourth-order valence-corrected chi connectivity index (χ4v) is 2.23. The number of hydrogen-bond donors (Lipinski definition) is 3. The van der Waals surface area contributed by atoms with E-state index in [0.717, 1.165) is 12.1 Å². The van der Waals surface area contributed by atoms with Gasteiger partial charge in [-0.1, -0.05) is 6.07 Å². The molecule has 0 unspecified atom stereocenters. The molecule has 1 heterocycles. The summed E-state index contributed by atoms with van der Waals surface area (Å²) in [6, 6.07) is 5.00. The quantitative estimate of drug-likeness (QED) is 0.738. The minimum Gasteiger partial charge on any atom is -0.385 e. The molecule has 0 aliphatic rings. The van der Waals surface area contributed by atoms with Crippen LogP contribution in [0.15, 0.2) is 29.1 Å². The first-order chi connectivity index (χ1) is 10.8. The lowest BCUT2D eigenvalue weighted by Gasteiger charge is -2.11. The molecule has 0 fully saturated rings. The summed E-state index contributed by atoms with van der Waals surface area (Å²) in [5.41, 5.74) is 5.94. The standard InChI is InChI=1S/C15H17F3N4O/c1-9-12(13(23)22-14(19)21-9)6-3-7-20-11-5-2-4-10(8-11)15(16,17)18/h2,4-5,8,20H,3,6-7H2,1H3,(H3,19,21,22,23). The number of nitrogen functional groups attached to an aromatic ring is 1. The fourth-order valence-electron chi connectivity index (χ4n) is 2.23. The molecular formula is C15H17F3N4O. The Hall–Kier alpha value is -2.51. The van der Waals surface area contributed by atoms with Gasteiger partial charge in [0.2, 0.25) is 5.95 Å². The number of aromatic amines is 1. The number of rotatable bonds is 5. The third kappa shape index (κ3) is 4.48. The van der Waals surface area contributed by atoms with Gasteiger partial charge in [0.05, 0.1) is 5.56 Å². The minimum atomic E-state index is -4.36. The van der Waals surface area contributed by atoms with Gasteiger partial charge in [0.15, 0.2) is 0 Å². The van der Waals surface area contributed by atoms with E-state index in [0.29, 0.717) is 36.3 Å². The number of nitrogens with zero attached hydrogens (tertiary/aromatic N) is 1. The van der Waals surface area contributed by atoms with Gasteiger partial charge in [0.1, 0.15) is 0 Å². The second-order valence-electron chi connectivity index (χ2n) is 5.12. The van der Waals surface area contributed by atoms with Crippen molar-refractivity contribution in [3.8, 4) is 0 Å². The molecule has 2 rings (SSSR count). The van der Waals surface area contributed by atoms with Crippen LogP contribution in [0.4, 0.5) is 24.8 Å². The molecule has 0 amide bonds. The van der Waals surface area contributed by atoms with Crippen LogP contribution in [0.5, 0.6) is 0 Å². The zero-order valence-corrected chi connectivity index (χ0v) is 12.5. The van der Waals surface area contributed by atoms with Crippen molar-refractivity contribution in [3.05, 3.63) is 51.4 Å². The van der Waals surface area contributed by atoms with E-state index in [2.05, 4.69) is 15.3 Å². The lowest BCUT2D eigenvalue weighted by Crippen LogP contribution is -2.19. The summed E-state index contributed by atoms with van der Waals surface area (Å²) in [6.45, 7) is 2.13. The maximum absolute atomic E-state index is 12.6. The summed E-state index contributed by atoms with van der Waals surface area (Å²) in [6.07, 6.45) is -3.33. The van der Waals surface area contributed by atoms with Gasteiger partial charge < -0.3 is 11.1 Å². The molecule has 2 aromatic rings. The Balaban J connectivity index is 1.93. The Bertz CT molecular complexity index is 740. The first-order valence-corrected chi connectivity index (χ1v) is 7.04. The van der Waals surface area contributed by atoms with Crippen molar-refractivity contribution in [2.24, 2.45) is 0 Å². The topological polar surface area (TPSA) is 83.8 Å². The monoisotopic (exact) mass is 326 g/mol. The molecule has 5 nitrogen and oxygen atoms in total. The van der Waals surface area contributed by atoms with E-state index in [-0.39, 0.29) is 11.5 Å². The highest BCUT2D eigenvalue weighted by Gasteiger charge is 2.30. The summed E-state index contributed by atoms with van der Waals surface area (Å²) in [5.74, 6) is 0.0679. The second kappa shape index (κ2) is 6.72. The SMILES string of the molecule is Cc1nc(N)[nH]c(=O)c1CCCNc1cccc(C(F)(F)F)c1. The van der Waals surface area contributed by atoms with Crippen LogP contribution in [-0.2, 0) is 12.6 Å². The molecule has 0 atom stereocenters. The lowest BCUT2D eigenvalue weighted by atomic mass is 10.1. The van der Waals surface area contributed by atoms with E-state index in [1.807, 2.05) is 0 Å². The number of halogens is 3. The van der Waals surface area contributed by atoms with Crippen LogP contribution in [0.25, 0.3) is 0 Å². The third-order valence-electron chi connectivity index (χ3n) is 3.36. The Morgan fingerprint density at radius 2 is 2.09 bits per heavy atom. The molecule has 0 aliphatic heterocycles. The number of anilines is 2. The van der Waals surface area contributed by atoms with Crippen LogP contribution in [0.1, 0.15) is 23.2 Å². The predicted molar refractivity (Wildman–Crippen MR) is 82.3 cm³/mol. The maximum atomic E-state index is 12.6. The van der Waals surface area contributed by atoms with Gasteiger partial charge in [-0.25, -0.2) is 4.98 Å². The van der Waals surface area contributed by atoms with Crippen LogP contribution in [0.3, 0.4) is 0 Å². The first kappa shape index (κ1) is 16.9. The van der Waals surface area contributed by atoms with Crippen molar-refractivity contribution in [2.75, 3.05) is 17.6 Å². The Morgan fingerprint density at radius 1 is 1.35 bits per heavy atom. The number of hydrogen-bond acceptors (Lipinski definition) is 4. The number of aromatic nitrogens is 2. The van der Waals surface area contributed by atoms with Gasteiger partial charge in [-0.15, -0.1) is 0 Å². The summed E-state index contributed by atoms with van der Waals surface area (Å²) in [5, 5.41) is 2.92. The molecule has 0 radical (unpaired) electrons. The Kier molecular flexibility index (Phi) is 4.92. The molecule has 0 saturated carbocycles. The average Bonchev–Trinajstić information content (AvgIpc) is 2.45. The zero-order valence-electron chi connectivity index (χ0n) is 12.5.